The molecule has 0 N–H and O–H groups in total. The summed E-state index contributed by atoms with van der Waals surface area (Å²) in [5, 5.41) is 0. The van der Waals surface area contributed by atoms with Crippen LogP contribution in [0.3, 0.4) is 0 Å². The highest BCUT2D eigenvalue weighted by molar-refractivity contribution is 6.99. The first-order chi connectivity index (χ1) is 22.3. The zero-order chi connectivity index (χ0) is 34.0. The summed E-state index contributed by atoms with van der Waals surface area (Å²) in [7, 11) is 0. The minimum absolute atomic E-state index is 0.0475. The number of anilines is 3. The van der Waals surface area contributed by atoms with E-state index in [2.05, 4.69) is 148 Å². The van der Waals surface area contributed by atoms with Crippen LogP contribution < -0.4 is 21.3 Å². The lowest BCUT2D eigenvalue weighted by Crippen LogP contribution is -2.64. The molecule has 2 saturated carbocycles. The molecule has 2 fully saturated rings. The number of hydrogen-bond donors (Lipinski definition) is 0. The average Bonchev–Trinajstić information content (AvgIpc) is 3.93. The van der Waals surface area contributed by atoms with Gasteiger partial charge in [0.15, 0.2) is 0 Å². The molecular formula is C46H54BN. The molecule has 2 heteroatoms. The predicted octanol–water partition coefficient (Wildman–Crippen LogP) is 9.98. The van der Waals surface area contributed by atoms with Crippen LogP contribution in [-0.2, 0) is 32.5 Å². The maximum atomic E-state index is 2.76. The van der Waals surface area contributed by atoms with Gasteiger partial charge < -0.3 is 4.90 Å². The maximum absolute atomic E-state index is 2.76. The molecule has 3 aliphatic carbocycles. The second-order valence-corrected chi connectivity index (χ2v) is 20.1. The molecule has 246 valence electrons. The third-order valence-electron chi connectivity index (χ3n) is 13.3. The Balaban J connectivity index is 1.39. The monoisotopic (exact) mass is 631 g/mol. The Morgan fingerprint density at radius 2 is 1.12 bits per heavy atom. The summed E-state index contributed by atoms with van der Waals surface area (Å²) in [6.45, 7) is 26.5. The second-order valence-electron chi connectivity index (χ2n) is 20.1. The number of nitrogens with zero attached hydrogens (tertiary/aromatic N) is 1. The summed E-state index contributed by atoms with van der Waals surface area (Å²) in [6.07, 6.45) is 6.86. The van der Waals surface area contributed by atoms with Crippen LogP contribution in [0.2, 0.25) is 0 Å². The third kappa shape index (κ3) is 4.16. The predicted molar refractivity (Wildman–Crippen MR) is 207 cm³/mol. The Morgan fingerprint density at radius 3 is 1.69 bits per heavy atom. The summed E-state index contributed by atoms with van der Waals surface area (Å²) >= 11 is 0. The van der Waals surface area contributed by atoms with Gasteiger partial charge in [-0.2, -0.15) is 0 Å². The van der Waals surface area contributed by atoms with Gasteiger partial charge in [-0.1, -0.05) is 124 Å². The molecule has 2 heterocycles. The van der Waals surface area contributed by atoms with Crippen LogP contribution in [0, 0.1) is 0 Å². The van der Waals surface area contributed by atoms with Crippen molar-refractivity contribution in [2.75, 3.05) is 4.90 Å². The standard InChI is InChI=1S/C46H54BN/c1-41(2,3)28-15-16-32-36(24-28)47-37-25-34-35(46(19-20-46)27-45(34)17-18-45)26-39(37)48(38-14-12-13-33(40(38)47)44(32,10)11)31-22-29(42(4,5)6)21-30(23-31)43(7,8)9/h12-16,21-26H,17-20,27H2,1-11H3. The Bertz CT molecular complexity index is 2020. The molecule has 0 bridgehead atoms. The molecule has 0 aromatic heterocycles. The van der Waals surface area contributed by atoms with Gasteiger partial charge >= 0.3 is 0 Å². The van der Waals surface area contributed by atoms with Crippen LogP contribution in [0.5, 0.6) is 0 Å². The number of fused-ring (bicyclic) bond motifs is 7. The van der Waals surface area contributed by atoms with Gasteiger partial charge in [-0.3, -0.25) is 0 Å². The number of hydrogen-bond acceptors (Lipinski definition) is 1. The molecule has 0 amide bonds. The van der Waals surface area contributed by atoms with Crippen LogP contribution in [0.1, 0.15) is 147 Å². The highest BCUT2D eigenvalue weighted by atomic mass is 15.2. The van der Waals surface area contributed by atoms with E-state index in [0.29, 0.717) is 10.8 Å². The van der Waals surface area contributed by atoms with Gasteiger partial charge in [0.05, 0.1) is 0 Å². The highest BCUT2D eigenvalue weighted by Gasteiger charge is 2.63. The van der Waals surface area contributed by atoms with Crippen LogP contribution in [0.25, 0.3) is 0 Å². The summed E-state index contributed by atoms with van der Waals surface area (Å²) in [5.74, 6) is 0. The number of benzene rings is 4. The van der Waals surface area contributed by atoms with Gasteiger partial charge in [0, 0.05) is 22.5 Å². The lowest BCUT2D eigenvalue weighted by atomic mass is 9.30. The van der Waals surface area contributed by atoms with Crippen molar-refractivity contribution in [2.45, 2.75) is 141 Å². The molecule has 4 aromatic rings. The Labute approximate surface area is 290 Å². The van der Waals surface area contributed by atoms with Crippen molar-refractivity contribution >= 4 is 40.2 Å². The molecule has 2 aliphatic heterocycles. The van der Waals surface area contributed by atoms with Gasteiger partial charge in [-0.25, -0.2) is 0 Å². The summed E-state index contributed by atoms with van der Waals surface area (Å²) < 4.78 is 0. The van der Waals surface area contributed by atoms with E-state index in [-0.39, 0.29) is 28.4 Å². The highest BCUT2D eigenvalue weighted by Crippen LogP contribution is 2.70. The van der Waals surface area contributed by atoms with Crippen molar-refractivity contribution in [1.29, 1.82) is 0 Å². The van der Waals surface area contributed by atoms with Crippen LogP contribution in [0.4, 0.5) is 17.1 Å². The largest absolute Gasteiger partial charge is 0.311 e. The van der Waals surface area contributed by atoms with Crippen molar-refractivity contribution in [3.05, 3.63) is 106 Å². The van der Waals surface area contributed by atoms with Crippen molar-refractivity contribution < 1.29 is 0 Å². The fraction of sp³-hybridized carbons (Fsp3) is 0.478. The van der Waals surface area contributed by atoms with E-state index in [9.17, 15) is 0 Å². The molecule has 5 aliphatic rings. The zero-order valence-electron chi connectivity index (χ0n) is 31.4. The fourth-order valence-electron chi connectivity index (χ4n) is 10.0. The normalized spacial score (nSPS) is 20.4. The molecule has 0 atom stereocenters. The summed E-state index contributed by atoms with van der Waals surface area (Å²) in [6, 6.07) is 27.7. The topological polar surface area (TPSA) is 3.24 Å². The molecule has 0 radical (unpaired) electrons. The first-order valence-electron chi connectivity index (χ1n) is 18.8. The summed E-state index contributed by atoms with van der Waals surface area (Å²) in [4.78, 5) is 2.71. The Hall–Kier alpha value is -3.26. The van der Waals surface area contributed by atoms with Crippen molar-refractivity contribution in [2.24, 2.45) is 0 Å². The first kappa shape index (κ1) is 30.8. The van der Waals surface area contributed by atoms with E-state index in [1.807, 2.05) is 0 Å². The van der Waals surface area contributed by atoms with E-state index in [4.69, 9.17) is 0 Å². The lowest BCUT2D eigenvalue weighted by Gasteiger charge is -2.46. The van der Waals surface area contributed by atoms with E-state index < -0.39 is 0 Å². The molecular weight excluding hydrogens is 577 g/mol. The van der Waals surface area contributed by atoms with Gasteiger partial charge in [-0.05, 0) is 133 Å². The molecule has 48 heavy (non-hydrogen) atoms. The van der Waals surface area contributed by atoms with Gasteiger partial charge in [0.25, 0.3) is 0 Å². The molecule has 2 spiro atoms. The average molecular weight is 632 g/mol. The fourth-order valence-corrected chi connectivity index (χ4v) is 10.0. The molecule has 4 aromatic carbocycles. The molecule has 9 rings (SSSR count). The zero-order valence-corrected chi connectivity index (χ0v) is 31.4. The van der Waals surface area contributed by atoms with Crippen LogP contribution in [0.15, 0.2) is 66.7 Å². The molecule has 0 saturated heterocycles. The quantitative estimate of drug-likeness (QED) is 0.167. The Morgan fingerprint density at radius 1 is 0.542 bits per heavy atom. The van der Waals surface area contributed by atoms with E-state index in [1.165, 1.54) is 93.4 Å². The van der Waals surface area contributed by atoms with Gasteiger partial charge in [-0.15, -0.1) is 0 Å². The first-order valence-corrected chi connectivity index (χ1v) is 18.8. The summed E-state index contributed by atoms with van der Waals surface area (Å²) in [5.41, 5.74) is 20.3. The van der Waals surface area contributed by atoms with E-state index >= 15 is 0 Å². The van der Waals surface area contributed by atoms with Gasteiger partial charge in [0.2, 0.25) is 6.71 Å². The van der Waals surface area contributed by atoms with Crippen LogP contribution in [-0.4, -0.2) is 6.71 Å². The second kappa shape index (κ2) is 9.09. The smallest absolute Gasteiger partial charge is 0.247 e. The number of rotatable bonds is 1. The van der Waals surface area contributed by atoms with Crippen molar-refractivity contribution in [1.82, 2.24) is 0 Å². The van der Waals surface area contributed by atoms with Crippen molar-refractivity contribution in [3.63, 3.8) is 0 Å². The maximum Gasteiger partial charge on any atom is 0.247 e. The third-order valence-corrected chi connectivity index (χ3v) is 13.3. The molecule has 1 nitrogen and oxygen atoms in total. The minimum Gasteiger partial charge on any atom is -0.311 e. The van der Waals surface area contributed by atoms with Crippen molar-refractivity contribution in [3.8, 4) is 0 Å². The van der Waals surface area contributed by atoms with E-state index in [1.54, 1.807) is 11.1 Å². The molecule has 0 unspecified atom stereocenters. The van der Waals surface area contributed by atoms with Crippen LogP contribution >= 0.6 is 0 Å². The Kier molecular flexibility index (Phi) is 5.83. The SMILES string of the molecule is CC(C)(C)c1cc(N2c3cc4c(cc3B3c5cc(C(C)(C)C)ccc5C(C)(C)c5cccc2c53)C2(CC2)CC42CC2)cc(C(C)(C)C)c1. The lowest BCUT2D eigenvalue weighted by molar-refractivity contribution is 0.569. The minimum atomic E-state index is -0.0902. The van der Waals surface area contributed by atoms with Gasteiger partial charge in [0.1, 0.15) is 0 Å². The van der Waals surface area contributed by atoms with E-state index in [0.717, 1.165) is 0 Å².